The van der Waals surface area contributed by atoms with E-state index in [1.165, 1.54) is 37.8 Å². The van der Waals surface area contributed by atoms with E-state index in [0.717, 1.165) is 24.5 Å². The number of anilines is 1. The fourth-order valence-corrected chi connectivity index (χ4v) is 3.60. The number of rotatable bonds is 2. The molecule has 1 aromatic rings. The molecule has 1 aromatic carbocycles. The first-order chi connectivity index (χ1) is 9.26. The van der Waals surface area contributed by atoms with E-state index in [4.69, 9.17) is 16.3 Å². The predicted molar refractivity (Wildman–Crippen MR) is 79.9 cm³/mol. The lowest BCUT2D eigenvalue weighted by molar-refractivity contribution is -0.103. The minimum Gasteiger partial charge on any atom is -0.382 e. The van der Waals surface area contributed by atoms with Gasteiger partial charge in [0.15, 0.2) is 0 Å². The molecule has 104 valence electrons. The summed E-state index contributed by atoms with van der Waals surface area (Å²) in [6.45, 7) is 0.894. The Hall–Kier alpha value is -0.730. The molecule has 19 heavy (non-hydrogen) atoms. The van der Waals surface area contributed by atoms with Crippen LogP contribution in [0.4, 0.5) is 5.69 Å². The minimum absolute atomic E-state index is 0.167. The van der Waals surface area contributed by atoms with Gasteiger partial charge in [0.1, 0.15) is 0 Å². The Labute approximate surface area is 120 Å². The van der Waals surface area contributed by atoms with Crippen LogP contribution >= 0.6 is 11.6 Å². The highest BCUT2D eigenvalue weighted by atomic mass is 35.5. The zero-order valence-electron chi connectivity index (χ0n) is 11.3. The second-order valence-electron chi connectivity index (χ2n) is 5.93. The fourth-order valence-electron chi connectivity index (χ4n) is 3.48. The van der Waals surface area contributed by atoms with Crippen LogP contribution in [0.5, 0.6) is 0 Å². The Morgan fingerprint density at radius 2 is 1.84 bits per heavy atom. The van der Waals surface area contributed by atoms with Crippen molar-refractivity contribution >= 4 is 17.3 Å². The number of halogens is 1. The first-order valence-electron chi connectivity index (χ1n) is 7.42. The number of benzene rings is 1. The largest absolute Gasteiger partial charge is 0.382 e. The SMILES string of the molecule is Clc1ccc(NC2CCOC3(CCCCC3)C2)cc1. The molecule has 1 N–H and O–H groups in total. The molecule has 1 spiro atoms. The van der Waals surface area contributed by atoms with Crippen molar-refractivity contribution in [2.75, 3.05) is 11.9 Å². The lowest BCUT2D eigenvalue weighted by Gasteiger charge is -2.44. The average molecular weight is 280 g/mol. The van der Waals surface area contributed by atoms with Gasteiger partial charge in [-0.15, -0.1) is 0 Å². The smallest absolute Gasteiger partial charge is 0.0702 e. The molecule has 1 unspecified atom stereocenters. The van der Waals surface area contributed by atoms with Crippen LogP contribution < -0.4 is 5.32 Å². The Morgan fingerprint density at radius 1 is 1.11 bits per heavy atom. The van der Waals surface area contributed by atoms with Crippen LogP contribution in [0.2, 0.25) is 5.02 Å². The van der Waals surface area contributed by atoms with Crippen LogP contribution in [-0.2, 0) is 4.74 Å². The summed E-state index contributed by atoms with van der Waals surface area (Å²) in [5.41, 5.74) is 1.34. The van der Waals surface area contributed by atoms with Gasteiger partial charge in [-0.25, -0.2) is 0 Å². The van der Waals surface area contributed by atoms with Crippen molar-refractivity contribution in [1.82, 2.24) is 0 Å². The van der Waals surface area contributed by atoms with Gasteiger partial charge in [-0.2, -0.15) is 0 Å². The van der Waals surface area contributed by atoms with Crippen molar-refractivity contribution in [3.63, 3.8) is 0 Å². The van der Waals surface area contributed by atoms with Crippen molar-refractivity contribution in [2.24, 2.45) is 0 Å². The molecule has 2 fully saturated rings. The number of hydrogen-bond acceptors (Lipinski definition) is 2. The van der Waals surface area contributed by atoms with E-state index in [9.17, 15) is 0 Å². The van der Waals surface area contributed by atoms with E-state index in [1.807, 2.05) is 12.1 Å². The van der Waals surface area contributed by atoms with Crippen LogP contribution in [0.15, 0.2) is 24.3 Å². The number of hydrogen-bond donors (Lipinski definition) is 1. The van der Waals surface area contributed by atoms with Gasteiger partial charge < -0.3 is 10.1 Å². The molecular weight excluding hydrogens is 258 g/mol. The summed E-state index contributed by atoms with van der Waals surface area (Å²) in [5.74, 6) is 0. The van der Waals surface area contributed by atoms with E-state index < -0.39 is 0 Å². The van der Waals surface area contributed by atoms with Gasteiger partial charge in [-0.3, -0.25) is 0 Å². The van der Waals surface area contributed by atoms with Crippen molar-refractivity contribution < 1.29 is 4.74 Å². The average Bonchev–Trinajstić information content (AvgIpc) is 2.42. The Kier molecular flexibility index (Phi) is 3.99. The second kappa shape index (κ2) is 5.72. The Morgan fingerprint density at radius 3 is 2.58 bits per heavy atom. The second-order valence-corrected chi connectivity index (χ2v) is 6.37. The molecule has 1 heterocycles. The van der Waals surface area contributed by atoms with Crippen LogP contribution in [0.25, 0.3) is 0 Å². The van der Waals surface area contributed by atoms with E-state index >= 15 is 0 Å². The van der Waals surface area contributed by atoms with E-state index in [-0.39, 0.29) is 5.60 Å². The molecule has 1 aliphatic heterocycles. The van der Waals surface area contributed by atoms with Crippen LogP contribution in [-0.4, -0.2) is 18.2 Å². The van der Waals surface area contributed by atoms with Crippen LogP contribution in [0.1, 0.15) is 44.9 Å². The quantitative estimate of drug-likeness (QED) is 0.852. The number of nitrogens with one attached hydrogen (secondary N) is 1. The summed E-state index contributed by atoms with van der Waals surface area (Å²) in [6.07, 6.45) is 8.76. The van der Waals surface area contributed by atoms with Crippen molar-refractivity contribution in [3.8, 4) is 0 Å². The van der Waals surface area contributed by atoms with Crippen molar-refractivity contribution in [2.45, 2.75) is 56.6 Å². The van der Waals surface area contributed by atoms with Crippen LogP contribution in [0, 0.1) is 0 Å². The summed E-state index contributed by atoms with van der Waals surface area (Å²) in [7, 11) is 0. The van der Waals surface area contributed by atoms with Gasteiger partial charge >= 0.3 is 0 Å². The molecule has 2 aliphatic rings. The summed E-state index contributed by atoms with van der Waals surface area (Å²) in [4.78, 5) is 0. The molecule has 0 bridgehead atoms. The summed E-state index contributed by atoms with van der Waals surface area (Å²) in [6, 6.07) is 8.54. The maximum Gasteiger partial charge on any atom is 0.0702 e. The molecule has 1 saturated carbocycles. The van der Waals surface area contributed by atoms with Crippen LogP contribution in [0.3, 0.4) is 0 Å². The van der Waals surface area contributed by atoms with E-state index in [2.05, 4.69) is 17.4 Å². The molecule has 3 rings (SSSR count). The van der Waals surface area contributed by atoms with Gasteiger partial charge in [-0.1, -0.05) is 30.9 Å². The highest BCUT2D eigenvalue weighted by molar-refractivity contribution is 6.30. The molecule has 0 amide bonds. The Balaban J connectivity index is 1.63. The summed E-state index contributed by atoms with van der Waals surface area (Å²) in [5, 5.41) is 4.43. The number of ether oxygens (including phenoxy) is 1. The predicted octanol–water partition coefficient (Wildman–Crippen LogP) is 4.63. The van der Waals surface area contributed by atoms with Gasteiger partial charge in [0, 0.05) is 23.4 Å². The highest BCUT2D eigenvalue weighted by Gasteiger charge is 2.38. The third-order valence-electron chi connectivity index (χ3n) is 4.47. The fraction of sp³-hybridized carbons (Fsp3) is 0.625. The molecule has 1 atom stereocenters. The highest BCUT2D eigenvalue weighted by Crippen LogP contribution is 2.39. The molecule has 1 aliphatic carbocycles. The van der Waals surface area contributed by atoms with Crippen molar-refractivity contribution in [1.29, 1.82) is 0 Å². The third-order valence-corrected chi connectivity index (χ3v) is 4.72. The summed E-state index contributed by atoms with van der Waals surface area (Å²) < 4.78 is 6.13. The first kappa shape index (κ1) is 13.3. The third kappa shape index (κ3) is 3.24. The molecule has 1 saturated heterocycles. The summed E-state index contributed by atoms with van der Waals surface area (Å²) >= 11 is 5.92. The normalized spacial score (nSPS) is 26.3. The first-order valence-corrected chi connectivity index (χ1v) is 7.80. The molecule has 0 aromatic heterocycles. The lowest BCUT2D eigenvalue weighted by Crippen LogP contribution is -2.45. The monoisotopic (exact) mass is 279 g/mol. The van der Waals surface area contributed by atoms with Gasteiger partial charge in [0.2, 0.25) is 0 Å². The maximum absolute atomic E-state index is 6.13. The molecule has 2 nitrogen and oxygen atoms in total. The molecule has 0 radical (unpaired) electrons. The van der Waals surface area contributed by atoms with Gasteiger partial charge in [0.05, 0.1) is 5.60 Å². The zero-order valence-corrected chi connectivity index (χ0v) is 12.1. The van der Waals surface area contributed by atoms with Crippen molar-refractivity contribution in [3.05, 3.63) is 29.3 Å². The zero-order chi connectivity index (χ0) is 13.1. The Bertz CT molecular complexity index is 406. The lowest BCUT2D eigenvalue weighted by atomic mass is 9.78. The molecule has 3 heteroatoms. The van der Waals surface area contributed by atoms with Gasteiger partial charge in [-0.05, 0) is 49.9 Å². The molecular formula is C16H22ClNO. The minimum atomic E-state index is 0.167. The van der Waals surface area contributed by atoms with Gasteiger partial charge in [0.25, 0.3) is 0 Å². The van der Waals surface area contributed by atoms with E-state index in [0.29, 0.717) is 6.04 Å². The van der Waals surface area contributed by atoms with E-state index in [1.54, 1.807) is 0 Å². The maximum atomic E-state index is 6.13. The topological polar surface area (TPSA) is 21.3 Å². The standard InChI is InChI=1S/C16H22ClNO/c17-13-4-6-14(7-5-13)18-15-8-11-19-16(12-15)9-2-1-3-10-16/h4-7,15,18H,1-3,8-12H2.